The Labute approximate surface area is 201 Å². The molecule has 2 aromatic rings. The minimum absolute atomic E-state index is 0.0549. The van der Waals surface area contributed by atoms with Crippen LogP contribution in [0.4, 0.5) is 5.82 Å². The van der Waals surface area contributed by atoms with Gasteiger partial charge in [-0.05, 0) is 55.9 Å². The molecular weight excluding hydrogens is 430 g/mol. The number of rotatable bonds is 9. The number of pyridine rings is 1. The van der Waals surface area contributed by atoms with Crippen molar-refractivity contribution in [3.8, 4) is 11.5 Å². The van der Waals surface area contributed by atoms with Crippen LogP contribution in [-0.4, -0.2) is 48.0 Å². The second-order valence-electron chi connectivity index (χ2n) is 9.22. The zero-order chi connectivity index (χ0) is 23.6. The van der Waals surface area contributed by atoms with E-state index in [0.29, 0.717) is 63.1 Å². The quantitative estimate of drug-likeness (QED) is 0.581. The van der Waals surface area contributed by atoms with Gasteiger partial charge in [-0.3, -0.25) is 9.59 Å². The molecule has 4 rings (SSSR count). The molecule has 1 aliphatic heterocycles. The number of para-hydroxylation sites is 1. The first kappa shape index (κ1) is 24.0. The fraction of sp³-hybridized carbons (Fsp3) is 0.519. The predicted octanol–water partition coefficient (Wildman–Crippen LogP) is 4.69. The van der Waals surface area contributed by atoms with Gasteiger partial charge in [-0.25, -0.2) is 4.98 Å². The van der Waals surface area contributed by atoms with Crippen molar-refractivity contribution < 1.29 is 19.1 Å². The second kappa shape index (κ2) is 12.4. The predicted molar refractivity (Wildman–Crippen MR) is 131 cm³/mol. The summed E-state index contributed by atoms with van der Waals surface area (Å²) in [6, 6.07) is 13.2. The van der Waals surface area contributed by atoms with Crippen LogP contribution in [0.15, 0.2) is 48.7 Å². The van der Waals surface area contributed by atoms with Crippen LogP contribution in [0.25, 0.3) is 0 Å². The monoisotopic (exact) mass is 465 g/mol. The van der Waals surface area contributed by atoms with Crippen molar-refractivity contribution >= 4 is 17.6 Å². The van der Waals surface area contributed by atoms with E-state index < -0.39 is 0 Å². The first-order valence-corrected chi connectivity index (χ1v) is 12.5. The lowest BCUT2D eigenvalue weighted by atomic mass is 9.90. The highest BCUT2D eigenvalue weighted by atomic mass is 16.5. The smallest absolute Gasteiger partial charge is 0.228 e. The lowest BCUT2D eigenvalue weighted by molar-refractivity contribution is -0.135. The molecule has 34 heavy (non-hydrogen) atoms. The molecule has 2 heterocycles. The van der Waals surface area contributed by atoms with Gasteiger partial charge in [-0.2, -0.15) is 0 Å². The molecule has 7 nitrogen and oxygen atoms in total. The number of likely N-dealkylation sites (tertiary alicyclic amines) is 1. The van der Waals surface area contributed by atoms with Crippen LogP contribution in [0.3, 0.4) is 0 Å². The molecule has 0 bridgehead atoms. The molecule has 0 radical (unpaired) electrons. The Bertz CT molecular complexity index is 922. The third kappa shape index (κ3) is 6.95. The summed E-state index contributed by atoms with van der Waals surface area (Å²) < 4.78 is 11.7. The molecule has 1 aromatic carbocycles. The van der Waals surface area contributed by atoms with Crippen LogP contribution in [0.2, 0.25) is 0 Å². The van der Waals surface area contributed by atoms with E-state index >= 15 is 0 Å². The Kier molecular flexibility index (Phi) is 8.77. The Morgan fingerprint density at radius 2 is 1.71 bits per heavy atom. The number of hydrogen-bond acceptors (Lipinski definition) is 5. The minimum Gasteiger partial charge on any atom is -0.493 e. The lowest BCUT2D eigenvalue weighted by Crippen LogP contribution is -2.41. The molecule has 1 saturated heterocycles. The van der Waals surface area contributed by atoms with Gasteiger partial charge in [0.1, 0.15) is 5.75 Å². The van der Waals surface area contributed by atoms with E-state index in [1.165, 1.54) is 32.1 Å². The van der Waals surface area contributed by atoms with Crippen LogP contribution < -0.4 is 14.8 Å². The molecule has 0 spiro atoms. The van der Waals surface area contributed by atoms with E-state index in [9.17, 15) is 9.59 Å². The second-order valence-corrected chi connectivity index (χ2v) is 9.22. The zero-order valence-corrected chi connectivity index (χ0v) is 19.8. The molecule has 2 amide bonds. The molecule has 2 aliphatic rings. The number of piperidine rings is 1. The Balaban J connectivity index is 1.20. The fourth-order valence-corrected chi connectivity index (χ4v) is 4.70. The van der Waals surface area contributed by atoms with Crippen molar-refractivity contribution in [2.75, 3.05) is 31.6 Å². The van der Waals surface area contributed by atoms with Gasteiger partial charge in [0.2, 0.25) is 11.8 Å². The first-order valence-electron chi connectivity index (χ1n) is 12.5. The highest BCUT2D eigenvalue weighted by Gasteiger charge is 2.28. The molecule has 0 unspecified atom stereocenters. The summed E-state index contributed by atoms with van der Waals surface area (Å²) in [5.74, 6) is 2.34. The topological polar surface area (TPSA) is 80.8 Å². The van der Waals surface area contributed by atoms with Gasteiger partial charge in [0.05, 0.1) is 19.6 Å². The average molecular weight is 466 g/mol. The molecule has 1 N–H and O–H groups in total. The maximum Gasteiger partial charge on any atom is 0.228 e. The highest BCUT2D eigenvalue weighted by Crippen LogP contribution is 2.28. The number of anilines is 1. The van der Waals surface area contributed by atoms with Crippen molar-refractivity contribution in [2.24, 2.45) is 11.8 Å². The zero-order valence-electron chi connectivity index (χ0n) is 19.8. The van der Waals surface area contributed by atoms with E-state index in [2.05, 4.69) is 10.3 Å². The maximum atomic E-state index is 12.9. The summed E-state index contributed by atoms with van der Waals surface area (Å²) in [5.41, 5.74) is 0. The van der Waals surface area contributed by atoms with E-state index in [4.69, 9.17) is 9.47 Å². The van der Waals surface area contributed by atoms with E-state index in [-0.39, 0.29) is 17.7 Å². The van der Waals surface area contributed by atoms with Crippen molar-refractivity contribution in [2.45, 2.75) is 51.4 Å². The Hall–Kier alpha value is -3.09. The summed E-state index contributed by atoms with van der Waals surface area (Å²) in [6.07, 6.45) is 9.55. The highest BCUT2D eigenvalue weighted by molar-refractivity contribution is 5.93. The number of amides is 2. The standard InChI is InChI=1S/C27H35N3O4/c31-25(15-19-33-23-10-5-2-6-11-23)30-17-13-22(14-18-30)27(32)29-26-24(12-7-16-28-26)34-20-21-8-3-1-4-9-21/h2,5-7,10-12,16,21-22H,1,3-4,8-9,13-15,17-20H2,(H,28,29,32). The van der Waals surface area contributed by atoms with E-state index in [1.54, 1.807) is 6.20 Å². The summed E-state index contributed by atoms with van der Waals surface area (Å²) in [4.78, 5) is 31.6. The van der Waals surface area contributed by atoms with E-state index in [0.717, 1.165) is 5.75 Å². The third-order valence-electron chi connectivity index (χ3n) is 6.76. The number of hydrogen-bond donors (Lipinski definition) is 1. The molecule has 2 fully saturated rings. The van der Waals surface area contributed by atoms with Crippen LogP contribution >= 0.6 is 0 Å². The minimum atomic E-state index is -0.141. The summed E-state index contributed by atoms with van der Waals surface area (Å²) in [6.45, 7) is 2.18. The molecule has 7 heteroatoms. The van der Waals surface area contributed by atoms with Crippen LogP contribution in [0.5, 0.6) is 11.5 Å². The van der Waals surface area contributed by atoms with Crippen molar-refractivity contribution in [3.05, 3.63) is 48.7 Å². The number of aromatic nitrogens is 1. The third-order valence-corrected chi connectivity index (χ3v) is 6.76. The summed E-state index contributed by atoms with van der Waals surface area (Å²) in [7, 11) is 0. The largest absolute Gasteiger partial charge is 0.493 e. The van der Waals surface area contributed by atoms with Gasteiger partial charge in [0, 0.05) is 25.2 Å². The number of carbonyl (C=O) groups is 2. The molecule has 182 valence electrons. The van der Waals surface area contributed by atoms with Crippen LogP contribution in [0, 0.1) is 11.8 Å². The van der Waals surface area contributed by atoms with E-state index in [1.807, 2.05) is 47.4 Å². The van der Waals surface area contributed by atoms with Crippen LogP contribution in [0.1, 0.15) is 51.4 Å². The van der Waals surface area contributed by atoms with Crippen molar-refractivity contribution in [1.82, 2.24) is 9.88 Å². The normalized spacial score (nSPS) is 17.2. The van der Waals surface area contributed by atoms with Crippen LogP contribution in [-0.2, 0) is 9.59 Å². The van der Waals surface area contributed by atoms with Gasteiger partial charge in [-0.1, -0.05) is 37.5 Å². The number of nitrogens with zero attached hydrogens (tertiary/aromatic N) is 2. The summed E-state index contributed by atoms with van der Waals surface area (Å²) in [5, 5.41) is 2.97. The fourth-order valence-electron chi connectivity index (χ4n) is 4.70. The molecule has 1 saturated carbocycles. The van der Waals surface area contributed by atoms with Gasteiger partial charge in [-0.15, -0.1) is 0 Å². The van der Waals surface area contributed by atoms with Gasteiger partial charge < -0.3 is 19.7 Å². The van der Waals surface area contributed by atoms with Gasteiger partial charge >= 0.3 is 0 Å². The molecular formula is C27H35N3O4. The molecule has 0 atom stereocenters. The lowest BCUT2D eigenvalue weighted by Gasteiger charge is -2.31. The van der Waals surface area contributed by atoms with Gasteiger partial charge in [0.15, 0.2) is 11.6 Å². The Morgan fingerprint density at radius 1 is 0.941 bits per heavy atom. The average Bonchev–Trinajstić information content (AvgIpc) is 2.89. The maximum absolute atomic E-state index is 12.9. The number of nitrogens with one attached hydrogen (secondary N) is 1. The number of benzene rings is 1. The SMILES string of the molecule is O=C(Nc1ncccc1OCC1CCCCC1)C1CCN(C(=O)CCOc2ccccc2)CC1. The number of ether oxygens (including phenoxy) is 2. The first-order chi connectivity index (χ1) is 16.7. The summed E-state index contributed by atoms with van der Waals surface area (Å²) >= 11 is 0. The molecule has 1 aliphatic carbocycles. The van der Waals surface area contributed by atoms with Crippen molar-refractivity contribution in [3.63, 3.8) is 0 Å². The van der Waals surface area contributed by atoms with Gasteiger partial charge in [0.25, 0.3) is 0 Å². The number of carbonyl (C=O) groups excluding carboxylic acids is 2. The molecule has 1 aromatic heterocycles. The Morgan fingerprint density at radius 3 is 2.47 bits per heavy atom. The van der Waals surface area contributed by atoms with Crippen molar-refractivity contribution in [1.29, 1.82) is 0 Å².